The number of nitrogens with one attached hydrogen (secondary N) is 2. The molecule has 0 saturated carbocycles. The van der Waals surface area contributed by atoms with Crippen LogP contribution in [0.2, 0.25) is 0 Å². The summed E-state index contributed by atoms with van der Waals surface area (Å²) in [7, 11) is 3.55. The van der Waals surface area contributed by atoms with Crippen molar-refractivity contribution in [2.75, 3.05) is 12.4 Å². The molecule has 0 aliphatic heterocycles. The van der Waals surface area contributed by atoms with Crippen LogP contribution in [0.25, 0.3) is 21.9 Å². The normalized spacial score (nSPS) is 11.2. The van der Waals surface area contributed by atoms with Gasteiger partial charge in [0, 0.05) is 25.0 Å². The summed E-state index contributed by atoms with van der Waals surface area (Å²) >= 11 is 0. The van der Waals surface area contributed by atoms with Gasteiger partial charge in [-0.1, -0.05) is 0 Å². The van der Waals surface area contributed by atoms with Gasteiger partial charge in [-0.25, -0.2) is 0 Å². The molecule has 0 radical (unpaired) electrons. The fourth-order valence-electron chi connectivity index (χ4n) is 2.53. The minimum absolute atomic E-state index is 0.680. The second-order valence-electron chi connectivity index (χ2n) is 4.98. The fourth-order valence-corrected chi connectivity index (χ4v) is 2.53. The summed E-state index contributed by atoms with van der Waals surface area (Å²) in [5, 5.41) is 15.8. The van der Waals surface area contributed by atoms with Crippen LogP contribution in [0.15, 0.2) is 36.7 Å². The van der Waals surface area contributed by atoms with E-state index in [1.54, 1.807) is 19.5 Å². The highest BCUT2D eigenvalue weighted by Crippen LogP contribution is 2.31. The monoisotopic (exact) mass is 294 g/mol. The van der Waals surface area contributed by atoms with Crippen LogP contribution in [0, 0.1) is 0 Å². The number of aromatic nitrogens is 5. The van der Waals surface area contributed by atoms with E-state index in [1.165, 1.54) is 0 Å². The lowest BCUT2D eigenvalue weighted by Gasteiger charge is -2.08. The molecule has 7 nitrogen and oxygen atoms in total. The molecular weight excluding hydrogens is 280 g/mol. The standard InChI is InChI=1S/C15H14N6O/c1-21-12-6-9(7-13(22-2)10(12)8-17-21)18-15-14-11(19-20-15)4-3-5-16-14/h3-8H,1-2H3,(H2,18,19,20). The van der Waals surface area contributed by atoms with Crippen LogP contribution in [0.5, 0.6) is 5.75 Å². The number of aryl methyl sites for hydroxylation is 1. The topological polar surface area (TPSA) is 80.7 Å². The van der Waals surface area contributed by atoms with Gasteiger partial charge in [0.05, 0.1) is 29.7 Å². The maximum atomic E-state index is 5.45. The van der Waals surface area contributed by atoms with Crippen molar-refractivity contribution in [1.82, 2.24) is 25.0 Å². The molecule has 0 unspecified atom stereocenters. The summed E-state index contributed by atoms with van der Waals surface area (Å²) in [6.45, 7) is 0. The maximum Gasteiger partial charge on any atom is 0.178 e. The third-order valence-electron chi connectivity index (χ3n) is 3.63. The quantitative estimate of drug-likeness (QED) is 0.607. The number of rotatable bonds is 3. The molecular formula is C15H14N6O. The Kier molecular flexibility index (Phi) is 2.72. The highest BCUT2D eigenvalue weighted by Gasteiger charge is 2.11. The van der Waals surface area contributed by atoms with Crippen molar-refractivity contribution in [2.24, 2.45) is 7.05 Å². The summed E-state index contributed by atoms with van der Waals surface area (Å²) in [5.74, 6) is 1.44. The Labute approximate surface area is 125 Å². The molecule has 22 heavy (non-hydrogen) atoms. The van der Waals surface area contributed by atoms with Gasteiger partial charge in [-0.2, -0.15) is 10.2 Å². The Morgan fingerprint density at radius 2 is 2.23 bits per heavy atom. The molecule has 0 fully saturated rings. The van der Waals surface area contributed by atoms with Crippen molar-refractivity contribution in [3.05, 3.63) is 36.7 Å². The second-order valence-corrected chi connectivity index (χ2v) is 4.98. The third-order valence-corrected chi connectivity index (χ3v) is 3.63. The summed E-state index contributed by atoms with van der Waals surface area (Å²) < 4.78 is 7.26. The first-order valence-electron chi connectivity index (χ1n) is 6.82. The molecule has 0 saturated heterocycles. The SMILES string of the molecule is COc1cc(Nc2n[nH]c3cccnc23)cc2c1cnn2C. The number of nitrogens with zero attached hydrogens (tertiary/aromatic N) is 4. The Balaban J connectivity index is 1.82. The van der Waals surface area contributed by atoms with Gasteiger partial charge < -0.3 is 10.1 Å². The molecule has 110 valence electrons. The number of benzene rings is 1. The smallest absolute Gasteiger partial charge is 0.178 e. The number of aromatic amines is 1. The van der Waals surface area contributed by atoms with E-state index in [2.05, 4.69) is 25.6 Å². The van der Waals surface area contributed by atoms with Crippen LogP contribution < -0.4 is 10.1 Å². The van der Waals surface area contributed by atoms with Crippen molar-refractivity contribution in [3.8, 4) is 5.75 Å². The van der Waals surface area contributed by atoms with Gasteiger partial charge in [0.15, 0.2) is 5.82 Å². The molecule has 7 heteroatoms. The molecule has 1 aromatic carbocycles. The number of H-pyrrole nitrogens is 1. The zero-order valence-corrected chi connectivity index (χ0v) is 12.2. The lowest BCUT2D eigenvalue weighted by atomic mass is 10.2. The predicted molar refractivity (Wildman–Crippen MR) is 84.4 cm³/mol. The van der Waals surface area contributed by atoms with Crippen LogP contribution in [0.3, 0.4) is 0 Å². The molecule has 0 bridgehead atoms. The second kappa shape index (κ2) is 4.73. The first-order valence-corrected chi connectivity index (χ1v) is 6.82. The molecule has 4 rings (SSSR count). The molecule has 4 aromatic rings. The number of anilines is 2. The summed E-state index contributed by atoms with van der Waals surface area (Å²) in [4.78, 5) is 4.34. The van der Waals surface area contributed by atoms with E-state index in [0.717, 1.165) is 33.4 Å². The molecule has 0 amide bonds. The van der Waals surface area contributed by atoms with Gasteiger partial charge in [-0.3, -0.25) is 14.8 Å². The molecule has 3 heterocycles. The van der Waals surface area contributed by atoms with E-state index in [-0.39, 0.29) is 0 Å². The molecule has 3 aromatic heterocycles. The van der Waals surface area contributed by atoms with E-state index >= 15 is 0 Å². The van der Waals surface area contributed by atoms with Crippen molar-refractivity contribution in [1.29, 1.82) is 0 Å². The zero-order chi connectivity index (χ0) is 15.1. The lowest BCUT2D eigenvalue weighted by molar-refractivity contribution is 0.420. The van der Waals surface area contributed by atoms with Crippen molar-refractivity contribution in [2.45, 2.75) is 0 Å². The molecule has 0 aliphatic rings. The number of hydrogen-bond donors (Lipinski definition) is 2. The average Bonchev–Trinajstić information content (AvgIpc) is 3.12. The summed E-state index contributed by atoms with van der Waals surface area (Å²) in [6.07, 6.45) is 3.54. The Bertz CT molecular complexity index is 971. The first-order chi connectivity index (χ1) is 10.8. The highest BCUT2D eigenvalue weighted by atomic mass is 16.5. The van der Waals surface area contributed by atoms with E-state index in [4.69, 9.17) is 4.74 Å². The number of ether oxygens (including phenoxy) is 1. The van der Waals surface area contributed by atoms with Crippen molar-refractivity contribution >= 4 is 33.4 Å². The number of fused-ring (bicyclic) bond motifs is 2. The largest absolute Gasteiger partial charge is 0.496 e. The van der Waals surface area contributed by atoms with Gasteiger partial charge in [0.1, 0.15) is 11.3 Å². The minimum atomic E-state index is 0.680. The van der Waals surface area contributed by atoms with Crippen LogP contribution in [0.4, 0.5) is 11.5 Å². The van der Waals surface area contributed by atoms with Gasteiger partial charge in [0.2, 0.25) is 0 Å². The molecule has 0 atom stereocenters. The Hall–Kier alpha value is -3.09. The van der Waals surface area contributed by atoms with Gasteiger partial charge in [0.25, 0.3) is 0 Å². The van der Waals surface area contributed by atoms with Crippen LogP contribution >= 0.6 is 0 Å². The third kappa shape index (κ3) is 1.86. The van der Waals surface area contributed by atoms with Gasteiger partial charge in [-0.15, -0.1) is 0 Å². The number of methoxy groups -OCH3 is 1. The van der Waals surface area contributed by atoms with Crippen molar-refractivity contribution in [3.63, 3.8) is 0 Å². The molecule has 0 spiro atoms. The lowest BCUT2D eigenvalue weighted by Crippen LogP contribution is -1.95. The van der Waals surface area contributed by atoms with Crippen LogP contribution in [-0.4, -0.2) is 32.1 Å². The van der Waals surface area contributed by atoms with E-state index in [9.17, 15) is 0 Å². The Morgan fingerprint density at radius 3 is 3.09 bits per heavy atom. The summed E-state index contributed by atoms with van der Waals surface area (Å²) in [5.41, 5.74) is 3.53. The number of pyridine rings is 1. The van der Waals surface area contributed by atoms with E-state index < -0.39 is 0 Å². The predicted octanol–water partition coefficient (Wildman–Crippen LogP) is 2.60. The van der Waals surface area contributed by atoms with Crippen LogP contribution in [-0.2, 0) is 7.05 Å². The van der Waals surface area contributed by atoms with Gasteiger partial charge >= 0.3 is 0 Å². The minimum Gasteiger partial charge on any atom is -0.496 e. The first kappa shape index (κ1) is 12.6. The fraction of sp³-hybridized carbons (Fsp3) is 0.133. The highest BCUT2D eigenvalue weighted by molar-refractivity contribution is 5.92. The van der Waals surface area contributed by atoms with Crippen LogP contribution in [0.1, 0.15) is 0 Å². The average molecular weight is 294 g/mol. The summed E-state index contributed by atoms with van der Waals surface area (Å²) in [6, 6.07) is 7.74. The zero-order valence-electron chi connectivity index (χ0n) is 12.2. The molecule has 2 N–H and O–H groups in total. The van der Waals surface area contributed by atoms with Crippen molar-refractivity contribution < 1.29 is 4.74 Å². The van der Waals surface area contributed by atoms with E-state index in [1.807, 2.05) is 36.0 Å². The maximum absolute atomic E-state index is 5.45. The Morgan fingerprint density at radius 1 is 1.32 bits per heavy atom. The number of hydrogen-bond acceptors (Lipinski definition) is 5. The van der Waals surface area contributed by atoms with E-state index in [0.29, 0.717) is 5.82 Å². The molecule has 0 aliphatic carbocycles. The van der Waals surface area contributed by atoms with Gasteiger partial charge in [-0.05, 0) is 18.2 Å².